The minimum absolute atomic E-state index is 0.123. The van der Waals surface area contributed by atoms with Crippen molar-refractivity contribution in [3.05, 3.63) is 11.4 Å². The standard InChI is InChI=1S/C15H25N5O/c1-18(12-7-8-12)9-10-19(2)15(21)11-20-14-6-4-3-5-13(14)16-17-20/h12H,3-11H2,1-2H3. The van der Waals surface area contributed by atoms with Crippen LogP contribution in [0.15, 0.2) is 0 Å². The van der Waals surface area contributed by atoms with Gasteiger partial charge < -0.3 is 9.80 Å². The second kappa shape index (κ2) is 6.13. The minimum Gasteiger partial charge on any atom is -0.343 e. The van der Waals surface area contributed by atoms with E-state index in [4.69, 9.17) is 0 Å². The van der Waals surface area contributed by atoms with Gasteiger partial charge in [-0.25, -0.2) is 4.68 Å². The molecule has 0 spiro atoms. The first kappa shape index (κ1) is 14.5. The van der Waals surface area contributed by atoms with Crippen LogP contribution in [0.4, 0.5) is 0 Å². The largest absolute Gasteiger partial charge is 0.343 e. The van der Waals surface area contributed by atoms with Crippen LogP contribution in [0, 0.1) is 0 Å². The Kier molecular flexibility index (Phi) is 4.24. The average Bonchev–Trinajstić information content (AvgIpc) is 3.27. The van der Waals surface area contributed by atoms with Gasteiger partial charge in [0.05, 0.1) is 11.4 Å². The van der Waals surface area contributed by atoms with E-state index in [-0.39, 0.29) is 5.91 Å². The van der Waals surface area contributed by atoms with Gasteiger partial charge in [0.2, 0.25) is 5.91 Å². The molecule has 0 aliphatic heterocycles. The monoisotopic (exact) mass is 291 g/mol. The summed E-state index contributed by atoms with van der Waals surface area (Å²) in [6.07, 6.45) is 6.98. The second-order valence-electron chi connectivity index (χ2n) is 6.37. The molecule has 0 aromatic carbocycles. The van der Waals surface area contributed by atoms with Crippen LogP contribution in [0.2, 0.25) is 0 Å². The minimum atomic E-state index is 0.123. The fourth-order valence-electron chi connectivity index (χ4n) is 2.93. The number of likely N-dealkylation sites (N-methyl/N-ethyl adjacent to an activating group) is 2. The number of rotatable bonds is 6. The van der Waals surface area contributed by atoms with E-state index in [0.29, 0.717) is 6.54 Å². The highest BCUT2D eigenvalue weighted by atomic mass is 16.2. The third-order valence-electron chi connectivity index (χ3n) is 4.66. The fourth-order valence-corrected chi connectivity index (χ4v) is 2.93. The lowest BCUT2D eigenvalue weighted by atomic mass is 10.0. The number of amides is 1. The Morgan fingerprint density at radius 2 is 2.00 bits per heavy atom. The van der Waals surface area contributed by atoms with Crippen molar-refractivity contribution in [1.82, 2.24) is 24.8 Å². The van der Waals surface area contributed by atoms with Crippen molar-refractivity contribution in [2.45, 2.75) is 51.1 Å². The number of aryl methyl sites for hydroxylation is 1. The van der Waals surface area contributed by atoms with Crippen molar-refractivity contribution in [3.8, 4) is 0 Å². The Labute approximate surface area is 126 Å². The number of hydrogen-bond donors (Lipinski definition) is 0. The van der Waals surface area contributed by atoms with Crippen LogP contribution >= 0.6 is 0 Å². The Hall–Kier alpha value is -1.43. The van der Waals surface area contributed by atoms with Gasteiger partial charge in [0.1, 0.15) is 6.54 Å². The smallest absolute Gasteiger partial charge is 0.244 e. The van der Waals surface area contributed by atoms with Gasteiger partial charge >= 0.3 is 0 Å². The predicted octanol–water partition coefficient (Wildman–Crippen LogP) is 0.709. The maximum Gasteiger partial charge on any atom is 0.244 e. The highest BCUT2D eigenvalue weighted by Gasteiger charge is 2.26. The zero-order valence-electron chi connectivity index (χ0n) is 13.1. The normalized spacial score (nSPS) is 17.9. The first-order chi connectivity index (χ1) is 10.1. The maximum atomic E-state index is 12.3. The molecule has 116 valence electrons. The zero-order valence-corrected chi connectivity index (χ0v) is 13.1. The molecule has 2 aliphatic rings. The van der Waals surface area contributed by atoms with Gasteiger partial charge in [-0.15, -0.1) is 5.10 Å². The van der Waals surface area contributed by atoms with Gasteiger partial charge in [-0.2, -0.15) is 0 Å². The quantitative estimate of drug-likeness (QED) is 0.774. The molecule has 1 aromatic heterocycles. The van der Waals surface area contributed by atoms with Crippen molar-refractivity contribution in [2.75, 3.05) is 27.2 Å². The van der Waals surface area contributed by atoms with E-state index in [1.54, 1.807) is 4.68 Å². The Morgan fingerprint density at radius 1 is 1.24 bits per heavy atom. The molecule has 6 heteroatoms. The molecule has 6 nitrogen and oxygen atoms in total. The van der Waals surface area contributed by atoms with Gasteiger partial charge in [-0.05, 0) is 45.6 Å². The van der Waals surface area contributed by atoms with Gasteiger partial charge in [-0.1, -0.05) is 5.21 Å². The lowest BCUT2D eigenvalue weighted by Gasteiger charge is -2.22. The molecule has 3 rings (SSSR count). The predicted molar refractivity (Wildman–Crippen MR) is 80.0 cm³/mol. The van der Waals surface area contributed by atoms with E-state index < -0.39 is 0 Å². The van der Waals surface area contributed by atoms with Gasteiger partial charge in [-0.3, -0.25) is 4.79 Å². The van der Waals surface area contributed by atoms with E-state index in [9.17, 15) is 4.79 Å². The highest BCUT2D eigenvalue weighted by Crippen LogP contribution is 2.24. The Morgan fingerprint density at radius 3 is 2.76 bits per heavy atom. The molecule has 1 saturated carbocycles. The van der Waals surface area contributed by atoms with Crippen LogP contribution in [-0.4, -0.2) is 63.9 Å². The van der Waals surface area contributed by atoms with Crippen LogP contribution in [0.5, 0.6) is 0 Å². The highest BCUT2D eigenvalue weighted by molar-refractivity contribution is 5.75. The number of nitrogens with zero attached hydrogens (tertiary/aromatic N) is 5. The third kappa shape index (κ3) is 3.43. The zero-order chi connectivity index (χ0) is 14.8. The first-order valence-corrected chi connectivity index (χ1v) is 8.00. The molecule has 0 bridgehead atoms. The van der Waals surface area contributed by atoms with Crippen LogP contribution < -0.4 is 0 Å². The Balaban J connectivity index is 1.51. The summed E-state index contributed by atoms with van der Waals surface area (Å²) in [6, 6.07) is 0.746. The molecule has 0 radical (unpaired) electrons. The summed E-state index contributed by atoms with van der Waals surface area (Å²) >= 11 is 0. The molecule has 21 heavy (non-hydrogen) atoms. The average molecular weight is 291 g/mol. The molecular weight excluding hydrogens is 266 g/mol. The van der Waals surface area contributed by atoms with Gasteiger partial charge in [0.25, 0.3) is 0 Å². The number of fused-ring (bicyclic) bond motifs is 1. The van der Waals surface area contributed by atoms with Gasteiger partial charge in [0, 0.05) is 26.2 Å². The number of aromatic nitrogens is 3. The molecule has 1 amide bonds. The summed E-state index contributed by atoms with van der Waals surface area (Å²) in [5, 5.41) is 8.37. The van der Waals surface area contributed by atoms with E-state index in [1.807, 2.05) is 11.9 Å². The maximum absolute atomic E-state index is 12.3. The van der Waals surface area contributed by atoms with E-state index >= 15 is 0 Å². The van der Waals surface area contributed by atoms with Crippen LogP contribution in [0.25, 0.3) is 0 Å². The van der Waals surface area contributed by atoms with Crippen molar-refractivity contribution >= 4 is 5.91 Å². The summed E-state index contributed by atoms with van der Waals surface area (Å²) in [6.45, 7) is 2.05. The molecule has 0 saturated heterocycles. The van der Waals surface area contributed by atoms with Gasteiger partial charge in [0.15, 0.2) is 0 Å². The van der Waals surface area contributed by atoms with Crippen LogP contribution in [0.3, 0.4) is 0 Å². The molecule has 1 fully saturated rings. The third-order valence-corrected chi connectivity index (χ3v) is 4.66. The fraction of sp³-hybridized carbons (Fsp3) is 0.800. The SMILES string of the molecule is CN(CCN(C)C1CC1)C(=O)Cn1nnc2c1CCCC2. The Bertz CT molecular complexity index is 508. The van der Waals surface area contributed by atoms with Crippen LogP contribution in [0.1, 0.15) is 37.1 Å². The summed E-state index contributed by atoms with van der Waals surface area (Å²) < 4.78 is 1.80. The van der Waals surface area contributed by atoms with Crippen molar-refractivity contribution in [1.29, 1.82) is 0 Å². The molecule has 0 N–H and O–H groups in total. The molecule has 1 aromatic rings. The van der Waals surface area contributed by atoms with Crippen molar-refractivity contribution in [3.63, 3.8) is 0 Å². The molecule has 0 unspecified atom stereocenters. The number of carbonyl (C=O) groups is 1. The molecule has 1 heterocycles. The first-order valence-electron chi connectivity index (χ1n) is 8.00. The number of carbonyl (C=O) groups excluding carboxylic acids is 1. The summed E-state index contributed by atoms with van der Waals surface area (Å²) in [5.41, 5.74) is 2.25. The molecule has 2 aliphatic carbocycles. The summed E-state index contributed by atoms with van der Waals surface area (Å²) in [5.74, 6) is 0.123. The van der Waals surface area contributed by atoms with E-state index in [2.05, 4.69) is 22.3 Å². The van der Waals surface area contributed by atoms with Crippen LogP contribution in [-0.2, 0) is 24.2 Å². The topological polar surface area (TPSA) is 54.3 Å². The number of hydrogen-bond acceptors (Lipinski definition) is 4. The lowest BCUT2D eigenvalue weighted by Crippen LogP contribution is -2.37. The summed E-state index contributed by atoms with van der Waals surface area (Å²) in [7, 11) is 4.02. The van der Waals surface area contributed by atoms with Crippen molar-refractivity contribution in [2.24, 2.45) is 0 Å². The summed E-state index contributed by atoms with van der Waals surface area (Å²) in [4.78, 5) is 16.5. The molecular formula is C15H25N5O. The van der Waals surface area contributed by atoms with E-state index in [1.165, 1.54) is 25.7 Å². The lowest BCUT2D eigenvalue weighted by molar-refractivity contribution is -0.131. The second-order valence-corrected chi connectivity index (χ2v) is 6.37. The van der Waals surface area contributed by atoms with E-state index in [0.717, 1.165) is 43.4 Å². The van der Waals surface area contributed by atoms with Crippen molar-refractivity contribution < 1.29 is 4.79 Å². The molecule has 0 atom stereocenters.